The van der Waals surface area contributed by atoms with Crippen LogP contribution in [0.2, 0.25) is 0 Å². The summed E-state index contributed by atoms with van der Waals surface area (Å²) in [5, 5.41) is 2.54. The monoisotopic (exact) mass is 379 g/mol. The number of methoxy groups -OCH3 is 1. The summed E-state index contributed by atoms with van der Waals surface area (Å²) in [4.78, 5) is 35.6. The Morgan fingerprint density at radius 3 is 2.19 bits per heavy atom. The molecular formula is C20H29NO6. The molecule has 0 bridgehead atoms. The maximum atomic E-state index is 12.0. The lowest BCUT2D eigenvalue weighted by atomic mass is 9.99. The molecule has 0 heterocycles. The topological polar surface area (TPSA) is 90.9 Å². The van der Waals surface area contributed by atoms with Gasteiger partial charge in [-0.1, -0.05) is 38.0 Å². The Morgan fingerprint density at radius 2 is 1.67 bits per heavy atom. The lowest BCUT2D eigenvalue weighted by Gasteiger charge is -2.21. The van der Waals surface area contributed by atoms with Crippen LogP contribution in [0.15, 0.2) is 12.1 Å². The van der Waals surface area contributed by atoms with Crippen LogP contribution in [0.4, 0.5) is 0 Å². The van der Waals surface area contributed by atoms with Crippen LogP contribution in [0.5, 0.6) is 5.75 Å². The third-order valence-corrected chi connectivity index (χ3v) is 4.29. The van der Waals surface area contributed by atoms with E-state index in [0.717, 1.165) is 16.7 Å². The molecule has 0 aliphatic rings. The van der Waals surface area contributed by atoms with E-state index in [1.807, 2.05) is 46.8 Å². The number of carbonyl (C=O) groups excluding carboxylic acids is 3. The van der Waals surface area contributed by atoms with Crippen molar-refractivity contribution in [2.75, 3.05) is 20.3 Å². The predicted molar refractivity (Wildman–Crippen MR) is 101 cm³/mol. The summed E-state index contributed by atoms with van der Waals surface area (Å²) >= 11 is 0. The van der Waals surface area contributed by atoms with Crippen molar-refractivity contribution < 1.29 is 28.6 Å². The highest BCUT2D eigenvalue weighted by molar-refractivity contribution is 5.86. The SMILES string of the molecule is CC[C@H](C)[C@H](NC(=O)COC(=O)COc1c(C)cc(C)cc1C)C(=O)OC. The van der Waals surface area contributed by atoms with Gasteiger partial charge in [-0.15, -0.1) is 0 Å². The van der Waals surface area contributed by atoms with Crippen molar-refractivity contribution >= 4 is 17.8 Å². The zero-order valence-corrected chi connectivity index (χ0v) is 16.9. The molecule has 0 saturated heterocycles. The molecule has 0 saturated carbocycles. The minimum Gasteiger partial charge on any atom is -0.481 e. The van der Waals surface area contributed by atoms with Gasteiger partial charge in [-0.05, 0) is 37.8 Å². The molecule has 1 aromatic carbocycles. The van der Waals surface area contributed by atoms with Gasteiger partial charge in [0.1, 0.15) is 11.8 Å². The van der Waals surface area contributed by atoms with Gasteiger partial charge in [0, 0.05) is 0 Å². The van der Waals surface area contributed by atoms with Crippen molar-refractivity contribution in [3.8, 4) is 5.75 Å². The molecular weight excluding hydrogens is 350 g/mol. The molecule has 1 amide bonds. The standard InChI is InChI=1S/C20H29NO6/c1-7-13(3)18(20(24)25-6)21-16(22)10-26-17(23)11-27-19-14(4)8-12(2)9-15(19)5/h8-9,13,18H,7,10-11H2,1-6H3,(H,21,22)/t13-,18-/m0/s1. The second-order valence-electron chi connectivity index (χ2n) is 6.63. The van der Waals surface area contributed by atoms with E-state index in [0.29, 0.717) is 12.2 Å². The minimum absolute atomic E-state index is 0.104. The number of amides is 1. The molecule has 1 N–H and O–H groups in total. The van der Waals surface area contributed by atoms with E-state index in [-0.39, 0.29) is 12.5 Å². The maximum absolute atomic E-state index is 12.0. The molecule has 0 aliphatic heterocycles. The predicted octanol–water partition coefficient (Wildman–Crippen LogP) is 2.24. The van der Waals surface area contributed by atoms with Gasteiger partial charge in [-0.25, -0.2) is 9.59 Å². The number of benzene rings is 1. The minimum atomic E-state index is -0.777. The molecule has 0 aromatic heterocycles. The summed E-state index contributed by atoms with van der Waals surface area (Å²) in [6.45, 7) is 8.72. The van der Waals surface area contributed by atoms with Gasteiger partial charge in [0.2, 0.25) is 0 Å². The van der Waals surface area contributed by atoms with Crippen molar-refractivity contribution in [2.24, 2.45) is 5.92 Å². The Balaban J connectivity index is 2.52. The van der Waals surface area contributed by atoms with Crippen molar-refractivity contribution in [3.05, 3.63) is 28.8 Å². The fourth-order valence-corrected chi connectivity index (χ4v) is 2.72. The van der Waals surface area contributed by atoms with Crippen molar-refractivity contribution in [1.29, 1.82) is 0 Å². The van der Waals surface area contributed by atoms with Crippen LogP contribution in [-0.2, 0) is 23.9 Å². The largest absolute Gasteiger partial charge is 0.481 e. The Hall–Kier alpha value is -2.57. The van der Waals surface area contributed by atoms with Gasteiger partial charge in [0.25, 0.3) is 5.91 Å². The molecule has 0 spiro atoms. The van der Waals surface area contributed by atoms with Crippen LogP contribution in [0.25, 0.3) is 0 Å². The Kier molecular flexibility index (Phi) is 8.78. The average Bonchev–Trinajstić information content (AvgIpc) is 2.62. The van der Waals surface area contributed by atoms with Crippen molar-refractivity contribution in [1.82, 2.24) is 5.32 Å². The lowest BCUT2D eigenvalue weighted by Crippen LogP contribution is -2.47. The molecule has 0 fully saturated rings. The van der Waals surface area contributed by atoms with E-state index < -0.39 is 30.5 Å². The highest BCUT2D eigenvalue weighted by atomic mass is 16.6. The second-order valence-corrected chi connectivity index (χ2v) is 6.63. The van der Waals surface area contributed by atoms with Gasteiger partial charge >= 0.3 is 11.9 Å². The van der Waals surface area contributed by atoms with Crippen LogP contribution >= 0.6 is 0 Å². The van der Waals surface area contributed by atoms with E-state index in [1.165, 1.54) is 7.11 Å². The molecule has 1 rings (SSSR count). The van der Waals surface area contributed by atoms with Crippen LogP contribution in [0.1, 0.15) is 37.0 Å². The van der Waals surface area contributed by atoms with Crippen LogP contribution in [0, 0.1) is 26.7 Å². The normalized spacial score (nSPS) is 12.7. The zero-order chi connectivity index (χ0) is 20.6. The molecule has 1 aromatic rings. The average molecular weight is 379 g/mol. The first-order chi connectivity index (χ1) is 12.7. The lowest BCUT2D eigenvalue weighted by molar-refractivity contribution is -0.152. The number of ether oxygens (including phenoxy) is 3. The molecule has 0 radical (unpaired) electrons. The van der Waals surface area contributed by atoms with Crippen LogP contribution < -0.4 is 10.1 Å². The molecule has 150 valence electrons. The smallest absolute Gasteiger partial charge is 0.344 e. The van der Waals surface area contributed by atoms with Crippen LogP contribution in [0.3, 0.4) is 0 Å². The molecule has 0 aliphatic carbocycles. The number of aryl methyl sites for hydroxylation is 3. The third-order valence-electron chi connectivity index (χ3n) is 4.29. The summed E-state index contributed by atoms with van der Waals surface area (Å²) in [5.41, 5.74) is 2.96. The number of hydrogen-bond donors (Lipinski definition) is 1. The molecule has 7 heteroatoms. The first-order valence-corrected chi connectivity index (χ1v) is 8.93. The summed E-state index contributed by atoms with van der Waals surface area (Å²) in [7, 11) is 1.26. The first-order valence-electron chi connectivity index (χ1n) is 8.93. The third kappa shape index (κ3) is 6.92. The van der Waals surface area contributed by atoms with Crippen molar-refractivity contribution in [3.63, 3.8) is 0 Å². The number of esters is 2. The van der Waals surface area contributed by atoms with Gasteiger partial charge < -0.3 is 19.5 Å². The number of carbonyl (C=O) groups is 3. The Labute approximate surface area is 160 Å². The van der Waals surface area contributed by atoms with Gasteiger partial charge in [-0.3, -0.25) is 4.79 Å². The van der Waals surface area contributed by atoms with E-state index in [4.69, 9.17) is 14.2 Å². The Morgan fingerprint density at radius 1 is 1.07 bits per heavy atom. The fraction of sp³-hybridized carbons (Fsp3) is 0.550. The Bertz CT molecular complexity index is 662. The molecule has 7 nitrogen and oxygen atoms in total. The summed E-state index contributed by atoms with van der Waals surface area (Å²) in [5.74, 6) is -1.24. The molecule has 2 atom stereocenters. The highest BCUT2D eigenvalue weighted by Crippen LogP contribution is 2.24. The number of rotatable bonds is 9. The van der Waals surface area contributed by atoms with E-state index in [1.54, 1.807) is 0 Å². The molecule has 27 heavy (non-hydrogen) atoms. The van der Waals surface area contributed by atoms with Gasteiger partial charge in [-0.2, -0.15) is 0 Å². The maximum Gasteiger partial charge on any atom is 0.344 e. The second kappa shape index (κ2) is 10.5. The highest BCUT2D eigenvalue weighted by Gasteiger charge is 2.27. The summed E-state index contributed by atoms with van der Waals surface area (Å²) < 4.78 is 15.2. The van der Waals surface area contributed by atoms with E-state index in [2.05, 4.69) is 5.32 Å². The van der Waals surface area contributed by atoms with Gasteiger partial charge in [0.05, 0.1) is 7.11 Å². The van der Waals surface area contributed by atoms with Crippen LogP contribution in [-0.4, -0.2) is 44.2 Å². The molecule has 0 unspecified atom stereocenters. The number of hydrogen-bond acceptors (Lipinski definition) is 6. The first kappa shape index (κ1) is 22.5. The fourth-order valence-electron chi connectivity index (χ4n) is 2.72. The zero-order valence-electron chi connectivity index (χ0n) is 16.9. The summed E-state index contributed by atoms with van der Waals surface area (Å²) in [6, 6.07) is 3.15. The quantitative estimate of drug-likeness (QED) is 0.662. The van der Waals surface area contributed by atoms with Crippen molar-refractivity contribution in [2.45, 2.75) is 47.1 Å². The van der Waals surface area contributed by atoms with E-state index >= 15 is 0 Å². The van der Waals surface area contributed by atoms with E-state index in [9.17, 15) is 14.4 Å². The summed E-state index contributed by atoms with van der Waals surface area (Å²) in [6.07, 6.45) is 0.683. The van der Waals surface area contributed by atoms with Gasteiger partial charge in [0.15, 0.2) is 13.2 Å². The number of nitrogens with one attached hydrogen (secondary N) is 1.